The summed E-state index contributed by atoms with van der Waals surface area (Å²) >= 11 is 0. The van der Waals surface area contributed by atoms with Gasteiger partial charge in [0.25, 0.3) is 0 Å². The van der Waals surface area contributed by atoms with Crippen molar-refractivity contribution in [2.45, 2.75) is 45.1 Å². The van der Waals surface area contributed by atoms with Gasteiger partial charge in [0.05, 0.1) is 0 Å². The van der Waals surface area contributed by atoms with Crippen molar-refractivity contribution in [3.05, 3.63) is 29.8 Å². The van der Waals surface area contributed by atoms with Gasteiger partial charge in [0.1, 0.15) is 0 Å². The highest BCUT2D eigenvalue weighted by Gasteiger charge is 2.30. The van der Waals surface area contributed by atoms with Crippen LogP contribution < -0.4 is 10.6 Å². The lowest BCUT2D eigenvalue weighted by Crippen LogP contribution is -2.32. The van der Waals surface area contributed by atoms with Gasteiger partial charge in [0.15, 0.2) is 0 Å². The Hall–Kier alpha value is -1.35. The highest BCUT2D eigenvalue weighted by atomic mass is 16.2. The van der Waals surface area contributed by atoms with Gasteiger partial charge >= 0.3 is 0 Å². The van der Waals surface area contributed by atoms with Crippen molar-refractivity contribution < 1.29 is 4.79 Å². The predicted octanol–water partition coefficient (Wildman–Crippen LogP) is 2.90. The number of benzene rings is 1. The van der Waals surface area contributed by atoms with E-state index in [0.717, 1.165) is 24.9 Å². The molecule has 3 nitrogen and oxygen atoms in total. The van der Waals surface area contributed by atoms with E-state index in [1.54, 1.807) is 4.90 Å². The number of nitrogens with two attached hydrogens (primary N) is 1. The molecule has 19 heavy (non-hydrogen) atoms. The van der Waals surface area contributed by atoms with Crippen LogP contribution in [0.4, 0.5) is 5.69 Å². The lowest BCUT2D eigenvalue weighted by molar-refractivity contribution is -0.121. The molecule has 0 saturated heterocycles. The summed E-state index contributed by atoms with van der Waals surface area (Å²) in [5, 5.41) is 0. The summed E-state index contributed by atoms with van der Waals surface area (Å²) in [6.07, 6.45) is 2.72. The minimum absolute atomic E-state index is 0.102. The number of amides is 1. The number of hydrogen-bond acceptors (Lipinski definition) is 2. The fourth-order valence-electron chi connectivity index (χ4n) is 2.72. The Morgan fingerprint density at radius 1 is 1.26 bits per heavy atom. The highest BCUT2D eigenvalue weighted by Crippen LogP contribution is 2.28. The SMILES string of the molecule is CC(C)c1ccc(N(C)C(=O)[C@H]2CC[C@@H](N)C2)cc1. The lowest BCUT2D eigenvalue weighted by atomic mass is 10.0. The second-order valence-corrected chi connectivity index (χ2v) is 5.91. The summed E-state index contributed by atoms with van der Waals surface area (Å²) in [7, 11) is 1.86. The van der Waals surface area contributed by atoms with Crippen LogP contribution in [-0.2, 0) is 4.79 Å². The molecule has 2 atom stereocenters. The normalized spacial score (nSPS) is 22.8. The van der Waals surface area contributed by atoms with Crippen LogP contribution in [0.15, 0.2) is 24.3 Å². The first-order valence-corrected chi connectivity index (χ1v) is 7.12. The molecule has 1 fully saturated rings. The molecule has 0 unspecified atom stereocenters. The van der Waals surface area contributed by atoms with E-state index in [1.807, 2.05) is 19.2 Å². The molecule has 1 aromatic carbocycles. The van der Waals surface area contributed by atoms with E-state index in [2.05, 4.69) is 26.0 Å². The molecule has 1 aliphatic rings. The molecular formula is C16H24N2O. The first-order valence-electron chi connectivity index (χ1n) is 7.12. The molecule has 2 rings (SSSR count). The minimum atomic E-state index is 0.102. The summed E-state index contributed by atoms with van der Waals surface area (Å²) in [4.78, 5) is 14.2. The van der Waals surface area contributed by atoms with E-state index in [-0.39, 0.29) is 17.9 Å². The maximum Gasteiger partial charge on any atom is 0.229 e. The van der Waals surface area contributed by atoms with Crippen LogP contribution in [0.5, 0.6) is 0 Å². The van der Waals surface area contributed by atoms with Crippen LogP contribution >= 0.6 is 0 Å². The van der Waals surface area contributed by atoms with Gasteiger partial charge in [0, 0.05) is 24.7 Å². The number of anilines is 1. The Morgan fingerprint density at radius 3 is 2.37 bits per heavy atom. The van der Waals surface area contributed by atoms with Crippen molar-refractivity contribution in [1.29, 1.82) is 0 Å². The van der Waals surface area contributed by atoms with Gasteiger partial charge in [-0.25, -0.2) is 0 Å². The predicted molar refractivity (Wildman–Crippen MR) is 79.3 cm³/mol. The maximum absolute atomic E-state index is 12.4. The second kappa shape index (κ2) is 5.74. The molecule has 1 aliphatic carbocycles. The van der Waals surface area contributed by atoms with E-state index in [1.165, 1.54) is 5.56 Å². The van der Waals surface area contributed by atoms with E-state index in [9.17, 15) is 4.79 Å². The molecule has 104 valence electrons. The summed E-state index contributed by atoms with van der Waals surface area (Å²) in [5.74, 6) is 0.818. The van der Waals surface area contributed by atoms with Crippen molar-refractivity contribution in [1.82, 2.24) is 0 Å². The van der Waals surface area contributed by atoms with E-state index < -0.39 is 0 Å². The fraction of sp³-hybridized carbons (Fsp3) is 0.562. The van der Waals surface area contributed by atoms with E-state index >= 15 is 0 Å². The van der Waals surface area contributed by atoms with Gasteiger partial charge in [-0.3, -0.25) is 4.79 Å². The molecular weight excluding hydrogens is 236 g/mol. The Morgan fingerprint density at radius 2 is 1.89 bits per heavy atom. The van der Waals surface area contributed by atoms with Crippen LogP contribution in [0.25, 0.3) is 0 Å². The smallest absolute Gasteiger partial charge is 0.229 e. The van der Waals surface area contributed by atoms with Gasteiger partial charge < -0.3 is 10.6 Å². The third-order valence-corrected chi connectivity index (χ3v) is 4.10. The number of carbonyl (C=O) groups is 1. The summed E-state index contributed by atoms with van der Waals surface area (Å²) in [6, 6.07) is 8.46. The zero-order valence-corrected chi connectivity index (χ0v) is 12.1. The average Bonchev–Trinajstić information content (AvgIpc) is 2.84. The Bertz CT molecular complexity index is 439. The van der Waals surface area contributed by atoms with Crippen LogP contribution in [-0.4, -0.2) is 19.0 Å². The molecule has 0 bridgehead atoms. The number of nitrogens with zero attached hydrogens (tertiary/aromatic N) is 1. The fourth-order valence-corrected chi connectivity index (χ4v) is 2.72. The van der Waals surface area contributed by atoms with Gasteiger partial charge in [-0.15, -0.1) is 0 Å². The number of rotatable bonds is 3. The van der Waals surface area contributed by atoms with Crippen LogP contribution in [0.3, 0.4) is 0 Å². The largest absolute Gasteiger partial charge is 0.328 e. The molecule has 0 spiro atoms. The molecule has 1 aromatic rings. The standard InChI is InChI=1S/C16H24N2O/c1-11(2)12-5-8-15(9-6-12)18(3)16(19)13-4-7-14(17)10-13/h5-6,8-9,11,13-14H,4,7,10,17H2,1-3H3/t13-,14+/m0/s1. The van der Waals surface area contributed by atoms with Gasteiger partial charge in [-0.2, -0.15) is 0 Å². The summed E-state index contributed by atoms with van der Waals surface area (Å²) in [5.41, 5.74) is 8.15. The Kier molecular flexibility index (Phi) is 4.25. The summed E-state index contributed by atoms with van der Waals surface area (Å²) in [6.45, 7) is 4.34. The van der Waals surface area contributed by atoms with Gasteiger partial charge in [0.2, 0.25) is 5.91 Å². The monoisotopic (exact) mass is 260 g/mol. The highest BCUT2D eigenvalue weighted by molar-refractivity contribution is 5.94. The minimum Gasteiger partial charge on any atom is -0.328 e. The van der Waals surface area contributed by atoms with Crippen molar-refractivity contribution in [2.24, 2.45) is 11.7 Å². The molecule has 0 aliphatic heterocycles. The first-order chi connectivity index (χ1) is 8.99. The van der Waals surface area contributed by atoms with Crippen molar-refractivity contribution >= 4 is 11.6 Å². The molecule has 2 N–H and O–H groups in total. The molecule has 3 heteroatoms. The number of hydrogen-bond donors (Lipinski definition) is 1. The third kappa shape index (κ3) is 3.16. The Balaban J connectivity index is 2.06. The van der Waals surface area contributed by atoms with Crippen LogP contribution in [0.2, 0.25) is 0 Å². The maximum atomic E-state index is 12.4. The van der Waals surface area contributed by atoms with Crippen molar-refractivity contribution in [3.8, 4) is 0 Å². The average molecular weight is 260 g/mol. The quantitative estimate of drug-likeness (QED) is 0.908. The van der Waals surface area contributed by atoms with E-state index in [4.69, 9.17) is 5.73 Å². The molecule has 0 aromatic heterocycles. The summed E-state index contributed by atoms with van der Waals surface area (Å²) < 4.78 is 0. The van der Waals surface area contributed by atoms with Gasteiger partial charge in [-0.1, -0.05) is 26.0 Å². The first kappa shape index (κ1) is 14.1. The third-order valence-electron chi connectivity index (χ3n) is 4.10. The second-order valence-electron chi connectivity index (χ2n) is 5.91. The topological polar surface area (TPSA) is 46.3 Å². The Labute approximate surface area is 115 Å². The van der Waals surface area contributed by atoms with E-state index in [0.29, 0.717) is 5.92 Å². The molecule has 0 heterocycles. The zero-order chi connectivity index (χ0) is 14.0. The van der Waals surface area contributed by atoms with Crippen molar-refractivity contribution in [2.75, 3.05) is 11.9 Å². The molecule has 1 saturated carbocycles. The van der Waals surface area contributed by atoms with Crippen LogP contribution in [0.1, 0.15) is 44.6 Å². The molecule has 1 amide bonds. The number of carbonyl (C=O) groups excluding carboxylic acids is 1. The van der Waals surface area contributed by atoms with Gasteiger partial charge in [-0.05, 0) is 42.9 Å². The van der Waals surface area contributed by atoms with Crippen molar-refractivity contribution in [3.63, 3.8) is 0 Å². The molecule has 0 radical (unpaired) electrons. The zero-order valence-electron chi connectivity index (χ0n) is 12.1. The van der Waals surface area contributed by atoms with Crippen LogP contribution in [0, 0.1) is 5.92 Å². The lowest BCUT2D eigenvalue weighted by Gasteiger charge is -2.21.